The van der Waals surface area contributed by atoms with Gasteiger partial charge >= 0.3 is 11.9 Å². The minimum Gasteiger partial charge on any atom is -0.461 e. The highest BCUT2D eigenvalue weighted by Crippen LogP contribution is 2.63. The molecule has 0 bridgehead atoms. The number of ether oxygens (including phenoxy) is 2. The van der Waals surface area contributed by atoms with Crippen LogP contribution in [0.3, 0.4) is 0 Å². The van der Waals surface area contributed by atoms with E-state index >= 15 is 0 Å². The number of hydrazine groups is 1. The number of nitrogens with zero attached hydrogens (tertiary/aromatic N) is 4. The molecule has 2 fully saturated rings. The number of hydrogen-bond donors (Lipinski definition) is 0. The summed E-state index contributed by atoms with van der Waals surface area (Å²) in [6.45, 7) is 0.267. The van der Waals surface area contributed by atoms with Gasteiger partial charge in [0, 0.05) is 0 Å². The normalized spacial score (nSPS) is 27.0. The Morgan fingerprint density at radius 2 is 1.62 bits per heavy atom. The van der Waals surface area contributed by atoms with E-state index in [0.717, 1.165) is 11.3 Å². The van der Waals surface area contributed by atoms with Gasteiger partial charge in [-0.05, 0) is 35.2 Å². The molecule has 4 aliphatic rings. The van der Waals surface area contributed by atoms with Crippen molar-refractivity contribution in [2.75, 3.05) is 16.6 Å². The molecule has 4 aliphatic heterocycles. The summed E-state index contributed by atoms with van der Waals surface area (Å²) in [5.74, 6) is -1.04. The molecule has 7 rings (SSSR count). The zero-order valence-corrected chi connectivity index (χ0v) is 20.5. The molecule has 37 heavy (non-hydrogen) atoms. The molecule has 9 heteroatoms. The second-order valence-corrected chi connectivity index (χ2v) is 10.4. The number of cyclic esters (lactones) is 1. The molecule has 2 spiro atoms. The smallest absolute Gasteiger partial charge is 0.378 e. The number of thioether (sulfide) groups is 1. The topological polar surface area (TPSA) is 74.7 Å². The molecule has 3 atom stereocenters. The predicted octanol–water partition coefficient (Wildman–Crippen LogP) is 3.92. The molecule has 184 valence electrons. The van der Waals surface area contributed by atoms with Crippen LogP contribution in [0.15, 0.2) is 108 Å². The van der Waals surface area contributed by atoms with Crippen molar-refractivity contribution < 1.29 is 19.1 Å². The lowest BCUT2D eigenvalue weighted by molar-refractivity contribution is -0.145. The molecule has 3 aromatic rings. The van der Waals surface area contributed by atoms with Gasteiger partial charge in [-0.3, -0.25) is 5.01 Å². The van der Waals surface area contributed by atoms with E-state index in [1.807, 2.05) is 101 Å². The van der Waals surface area contributed by atoms with Crippen molar-refractivity contribution in [3.63, 3.8) is 0 Å². The number of hydrogen-bond acceptors (Lipinski definition) is 9. The van der Waals surface area contributed by atoms with E-state index in [-0.39, 0.29) is 25.1 Å². The number of hydrazone groups is 1. The first-order valence-electron chi connectivity index (χ1n) is 12.0. The summed E-state index contributed by atoms with van der Waals surface area (Å²) >= 11 is 1.55. The average Bonchev–Trinajstić information content (AvgIpc) is 3.66. The monoisotopic (exact) mass is 510 g/mol. The van der Waals surface area contributed by atoms with E-state index in [2.05, 4.69) is 6.08 Å². The van der Waals surface area contributed by atoms with Crippen LogP contribution in [0.5, 0.6) is 0 Å². The molecule has 0 amide bonds. The number of rotatable bonds is 5. The summed E-state index contributed by atoms with van der Waals surface area (Å²) in [6.07, 6.45) is 2.07. The van der Waals surface area contributed by atoms with Gasteiger partial charge in [-0.15, -0.1) is 16.9 Å². The Bertz CT molecular complexity index is 1430. The van der Waals surface area contributed by atoms with Gasteiger partial charge in [-0.2, -0.15) is 0 Å². The summed E-state index contributed by atoms with van der Waals surface area (Å²) in [7, 11) is 0. The third-order valence-electron chi connectivity index (χ3n) is 7.21. The molecule has 0 aliphatic carbocycles. The van der Waals surface area contributed by atoms with Crippen molar-refractivity contribution >= 4 is 40.9 Å². The largest absolute Gasteiger partial charge is 0.461 e. The molecule has 0 N–H and O–H groups in total. The second-order valence-electron chi connectivity index (χ2n) is 9.15. The van der Waals surface area contributed by atoms with Crippen LogP contribution in [-0.2, 0) is 25.7 Å². The third-order valence-corrected chi connectivity index (χ3v) is 8.57. The van der Waals surface area contributed by atoms with Crippen molar-refractivity contribution in [2.24, 2.45) is 5.10 Å². The van der Waals surface area contributed by atoms with E-state index < -0.39 is 22.3 Å². The van der Waals surface area contributed by atoms with E-state index in [1.165, 1.54) is 0 Å². The lowest BCUT2D eigenvalue weighted by atomic mass is 9.88. The second kappa shape index (κ2) is 8.14. The Balaban J connectivity index is 1.40. The van der Waals surface area contributed by atoms with Crippen molar-refractivity contribution in [1.82, 2.24) is 5.01 Å². The van der Waals surface area contributed by atoms with Gasteiger partial charge in [-0.1, -0.05) is 72.8 Å². The van der Waals surface area contributed by atoms with Crippen LogP contribution in [-0.4, -0.2) is 45.8 Å². The Hall–Kier alpha value is -4.24. The van der Waals surface area contributed by atoms with Gasteiger partial charge in [0.25, 0.3) is 11.5 Å². The Labute approximate surface area is 217 Å². The third kappa shape index (κ3) is 2.88. The molecule has 0 saturated carbocycles. The van der Waals surface area contributed by atoms with Gasteiger partial charge in [0.05, 0.1) is 17.4 Å². The number of carbonyl (C=O) groups is 2. The number of benzene rings is 3. The van der Waals surface area contributed by atoms with Crippen LogP contribution in [0.4, 0.5) is 11.4 Å². The molecule has 0 radical (unpaired) electrons. The van der Waals surface area contributed by atoms with Crippen molar-refractivity contribution in [2.45, 2.75) is 23.1 Å². The summed E-state index contributed by atoms with van der Waals surface area (Å²) < 4.78 is 10.8. The van der Waals surface area contributed by atoms with Gasteiger partial charge < -0.3 is 9.47 Å². The highest BCUT2D eigenvalue weighted by Gasteiger charge is 2.83. The fraction of sp³-hybridized carbons (Fsp3) is 0.179. The first-order valence-corrected chi connectivity index (χ1v) is 12.9. The Morgan fingerprint density at radius 3 is 2.32 bits per heavy atom. The SMILES string of the molecule is O=C(OCc1ccccc1)C1=NN(c2ccccc2)[C@@]23C(=O)OC[C@@]24SC=C[C@H]4N(c2ccccc2)N13. The molecule has 4 heterocycles. The number of esters is 2. The highest BCUT2D eigenvalue weighted by atomic mass is 32.2. The summed E-state index contributed by atoms with van der Waals surface area (Å²) in [4.78, 5) is 27.6. The van der Waals surface area contributed by atoms with Crippen LogP contribution in [0.1, 0.15) is 5.56 Å². The number of amidine groups is 1. The first-order chi connectivity index (χ1) is 18.2. The van der Waals surface area contributed by atoms with E-state index in [1.54, 1.807) is 21.8 Å². The van der Waals surface area contributed by atoms with Crippen molar-refractivity contribution in [3.05, 3.63) is 108 Å². The van der Waals surface area contributed by atoms with Crippen molar-refractivity contribution in [1.29, 1.82) is 0 Å². The maximum Gasteiger partial charge on any atom is 0.378 e. The minimum absolute atomic E-state index is 0.0327. The molecular weight excluding hydrogens is 488 g/mol. The summed E-state index contributed by atoms with van der Waals surface area (Å²) in [6, 6.07) is 28.4. The van der Waals surface area contributed by atoms with Gasteiger partial charge in [0.2, 0.25) is 0 Å². The van der Waals surface area contributed by atoms with Gasteiger partial charge in [0.15, 0.2) is 0 Å². The molecule has 0 aromatic heterocycles. The van der Waals surface area contributed by atoms with Crippen LogP contribution >= 0.6 is 11.8 Å². The lowest BCUT2D eigenvalue weighted by Gasteiger charge is -2.40. The van der Waals surface area contributed by atoms with E-state index in [0.29, 0.717) is 5.69 Å². The summed E-state index contributed by atoms with van der Waals surface area (Å²) in [5.41, 5.74) is 0.957. The highest BCUT2D eigenvalue weighted by molar-refractivity contribution is 8.04. The van der Waals surface area contributed by atoms with Crippen LogP contribution in [0, 0.1) is 0 Å². The summed E-state index contributed by atoms with van der Waals surface area (Å²) in [5, 5.41) is 12.1. The number of para-hydroxylation sites is 2. The average molecular weight is 511 g/mol. The molecule has 0 unspecified atom stereocenters. The molecule has 2 saturated heterocycles. The van der Waals surface area contributed by atoms with Crippen LogP contribution < -0.4 is 10.0 Å². The molecule has 8 nitrogen and oxygen atoms in total. The van der Waals surface area contributed by atoms with E-state index in [9.17, 15) is 9.59 Å². The minimum atomic E-state index is -1.41. The van der Waals surface area contributed by atoms with E-state index in [4.69, 9.17) is 14.6 Å². The lowest BCUT2D eigenvalue weighted by Crippen LogP contribution is -2.67. The standard InChI is InChI=1S/C28H22N4O4S/c33-25(35-18-20-10-4-1-5-11-20)24-29-31(22-14-8-3-9-15-22)28-26(34)36-19-27(28)23(16-17-37-27)30(32(24)28)21-12-6-2-7-13-21/h1-17,23H,18-19H2/t23-,27+,28-/m1/s1. The maximum absolute atomic E-state index is 13.9. The molecular formula is C28H22N4O4S. The molecule has 3 aromatic carbocycles. The van der Waals surface area contributed by atoms with Gasteiger partial charge in [0.1, 0.15) is 18.0 Å². The number of anilines is 2. The predicted molar refractivity (Wildman–Crippen MR) is 140 cm³/mol. The van der Waals surface area contributed by atoms with Crippen LogP contribution in [0.2, 0.25) is 0 Å². The zero-order chi connectivity index (χ0) is 25.0. The fourth-order valence-electron chi connectivity index (χ4n) is 5.65. The first kappa shape index (κ1) is 22.0. The fourth-order valence-corrected chi connectivity index (χ4v) is 6.98. The zero-order valence-electron chi connectivity index (χ0n) is 19.6. The number of carbonyl (C=O) groups excluding carboxylic acids is 2. The van der Waals surface area contributed by atoms with Crippen molar-refractivity contribution in [3.8, 4) is 0 Å². The Morgan fingerprint density at radius 1 is 0.973 bits per heavy atom. The Kier molecular flexibility index (Phi) is 4.84. The quantitative estimate of drug-likeness (QED) is 0.479. The van der Waals surface area contributed by atoms with Gasteiger partial charge in [-0.25, -0.2) is 19.6 Å². The maximum atomic E-state index is 13.9. The van der Waals surface area contributed by atoms with Crippen LogP contribution in [0.25, 0.3) is 0 Å².